The van der Waals surface area contributed by atoms with E-state index in [1.165, 1.54) is 40.2 Å². The van der Waals surface area contributed by atoms with Crippen LogP contribution in [-0.4, -0.2) is 70.6 Å². The van der Waals surface area contributed by atoms with Crippen LogP contribution in [0.5, 0.6) is 0 Å². The quantitative estimate of drug-likeness (QED) is 0.546. The Morgan fingerprint density at radius 3 is 3.03 bits per heavy atom. The molecule has 1 unspecified atom stereocenters. The van der Waals surface area contributed by atoms with Crippen molar-refractivity contribution in [3.8, 4) is 0 Å². The number of nitrogens with one attached hydrogen (secondary N) is 2. The van der Waals surface area contributed by atoms with Gasteiger partial charge in [0.05, 0.1) is 11.9 Å². The van der Waals surface area contributed by atoms with Gasteiger partial charge in [0.2, 0.25) is 11.0 Å². The zero-order valence-electron chi connectivity index (χ0n) is 16.8. The summed E-state index contributed by atoms with van der Waals surface area (Å²) in [5.74, 6) is 2.68. The summed E-state index contributed by atoms with van der Waals surface area (Å²) < 4.78 is 6.39. The van der Waals surface area contributed by atoms with Crippen LogP contribution in [0.4, 0.5) is 10.8 Å². The summed E-state index contributed by atoms with van der Waals surface area (Å²) in [6.07, 6.45) is 2.48. The second-order valence-corrected chi connectivity index (χ2v) is 10.7. The molecule has 4 rings (SSSR count). The molecule has 1 atom stereocenters. The number of benzene rings is 1. The topological polar surface area (TPSA) is 79.4 Å². The van der Waals surface area contributed by atoms with Gasteiger partial charge >= 0.3 is 0 Å². The van der Waals surface area contributed by atoms with Gasteiger partial charge in [-0.3, -0.25) is 9.69 Å². The molecular weight excluding hydrogens is 438 g/mol. The van der Waals surface area contributed by atoms with Crippen molar-refractivity contribution in [1.29, 1.82) is 0 Å². The van der Waals surface area contributed by atoms with E-state index in [4.69, 9.17) is 4.74 Å². The predicted octanol–water partition coefficient (Wildman–Crippen LogP) is 3.41. The Morgan fingerprint density at radius 2 is 2.20 bits per heavy atom. The van der Waals surface area contributed by atoms with Crippen molar-refractivity contribution in [2.24, 2.45) is 0 Å². The number of hydrogen-bond donors (Lipinski definition) is 2. The molecule has 0 spiro atoms. The van der Waals surface area contributed by atoms with Crippen LogP contribution in [0.3, 0.4) is 0 Å². The van der Waals surface area contributed by atoms with Crippen molar-refractivity contribution in [1.82, 2.24) is 15.1 Å². The Morgan fingerprint density at radius 1 is 1.30 bits per heavy atom. The Kier molecular flexibility index (Phi) is 8.27. The molecule has 0 saturated carbocycles. The first-order valence-electron chi connectivity index (χ1n) is 10.3. The number of carbonyl (C=O) groups excluding carboxylic acids is 1. The molecule has 1 amide bonds. The molecule has 2 saturated heterocycles. The molecule has 7 nitrogen and oxygen atoms in total. The Balaban J connectivity index is 1.20. The highest BCUT2D eigenvalue weighted by Gasteiger charge is 2.16. The average molecular weight is 466 g/mol. The van der Waals surface area contributed by atoms with Crippen molar-refractivity contribution >= 4 is 51.6 Å². The number of anilines is 2. The van der Waals surface area contributed by atoms with Crippen LogP contribution in [0.15, 0.2) is 28.6 Å². The van der Waals surface area contributed by atoms with Gasteiger partial charge in [0.25, 0.3) is 0 Å². The maximum atomic E-state index is 12.4. The van der Waals surface area contributed by atoms with Gasteiger partial charge in [-0.15, -0.1) is 10.2 Å². The lowest BCUT2D eigenvalue weighted by Crippen LogP contribution is -2.31. The SMILES string of the molecule is O=C(CSc1nnc(NCC2CCCO2)s1)Nc1cccc(CN2CCSCC2)c1. The second-order valence-electron chi connectivity index (χ2n) is 7.31. The molecule has 0 bridgehead atoms. The van der Waals surface area contributed by atoms with Crippen LogP contribution < -0.4 is 10.6 Å². The highest BCUT2D eigenvalue weighted by Crippen LogP contribution is 2.26. The Bertz CT molecular complexity index is 822. The highest BCUT2D eigenvalue weighted by atomic mass is 32.2. The number of nitrogens with zero attached hydrogens (tertiary/aromatic N) is 3. The lowest BCUT2D eigenvalue weighted by Gasteiger charge is -2.26. The third-order valence-electron chi connectivity index (χ3n) is 4.96. The Labute approximate surface area is 189 Å². The lowest BCUT2D eigenvalue weighted by atomic mass is 10.2. The number of carbonyl (C=O) groups is 1. The fraction of sp³-hybridized carbons (Fsp3) is 0.550. The number of aromatic nitrogens is 2. The van der Waals surface area contributed by atoms with Crippen LogP contribution in [0.1, 0.15) is 18.4 Å². The number of rotatable bonds is 9. The smallest absolute Gasteiger partial charge is 0.234 e. The van der Waals surface area contributed by atoms with E-state index in [0.717, 1.165) is 60.8 Å². The van der Waals surface area contributed by atoms with Crippen molar-refractivity contribution < 1.29 is 9.53 Å². The van der Waals surface area contributed by atoms with E-state index in [0.29, 0.717) is 5.75 Å². The molecule has 2 N–H and O–H groups in total. The minimum atomic E-state index is -0.0319. The molecule has 2 aliphatic heterocycles. The maximum absolute atomic E-state index is 12.4. The monoisotopic (exact) mass is 465 g/mol. The van der Waals surface area contributed by atoms with Crippen molar-refractivity contribution in [2.75, 3.05) is 54.1 Å². The fourth-order valence-corrected chi connectivity index (χ4v) is 5.97. The molecule has 30 heavy (non-hydrogen) atoms. The fourth-order valence-electron chi connectivity index (χ4n) is 3.44. The first-order valence-corrected chi connectivity index (χ1v) is 13.2. The summed E-state index contributed by atoms with van der Waals surface area (Å²) in [5, 5.41) is 15.4. The van der Waals surface area contributed by atoms with Gasteiger partial charge in [0.1, 0.15) is 0 Å². The number of thioether (sulfide) groups is 2. The summed E-state index contributed by atoms with van der Waals surface area (Å²) in [6.45, 7) is 4.80. The number of ether oxygens (including phenoxy) is 1. The minimum Gasteiger partial charge on any atom is -0.376 e. The van der Waals surface area contributed by atoms with Gasteiger partial charge in [0, 0.05) is 50.0 Å². The molecule has 162 valence electrons. The lowest BCUT2D eigenvalue weighted by molar-refractivity contribution is -0.113. The highest BCUT2D eigenvalue weighted by molar-refractivity contribution is 8.01. The van der Waals surface area contributed by atoms with Crippen LogP contribution in [0.2, 0.25) is 0 Å². The van der Waals surface area contributed by atoms with E-state index in [1.54, 1.807) is 0 Å². The van der Waals surface area contributed by atoms with Crippen LogP contribution >= 0.6 is 34.9 Å². The number of hydrogen-bond acceptors (Lipinski definition) is 9. The van der Waals surface area contributed by atoms with Crippen molar-refractivity contribution in [3.63, 3.8) is 0 Å². The van der Waals surface area contributed by atoms with E-state index in [-0.39, 0.29) is 12.0 Å². The van der Waals surface area contributed by atoms with Crippen LogP contribution in [0.25, 0.3) is 0 Å². The van der Waals surface area contributed by atoms with Crippen LogP contribution in [0, 0.1) is 0 Å². The van der Waals surface area contributed by atoms with E-state index < -0.39 is 0 Å². The molecule has 2 fully saturated rings. The van der Waals surface area contributed by atoms with Gasteiger partial charge in [-0.1, -0.05) is 35.2 Å². The van der Waals surface area contributed by atoms with Gasteiger partial charge in [-0.05, 0) is 30.5 Å². The van der Waals surface area contributed by atoms with Gasteiger partial charge in [-0.25, -0.2) is 0 Å². The van der Waals surface area contributed by atoms with E-state index >= 15 is 0 Å². The summed E-state index contributed by atoms with van der Waals surface area (Å²) in [7, 11) is 0. The molecule has 10 heteroatoms. The summed E-state index contributed by atoms with van der Waals surface area (Å²) in [6, 6.07) is 8.14. The van der Waals surface area contributed by atoms with Crippen molar-refractivity contribution in [2.45, 2.75) is 29.8 Å². The zero-order chi connectivity index (χ0) is 20.6. The molecule has 2 aliphatic rings. The first-order chi connectivity index (χ1) is 14.7. The molecule has 1 aromatic heterocycles. The van der Waals surface area contributed by atoms with Gasteiger partial charge in [-0.2, -0.15) is 11.8 Å². The zero-order valence-corrected chi connectivity index (χ0v) is 19.3. The van der Waals surface area contributed by atoms with E-state index in [9.17, 15) is 4.79 Å². The van der Waals surface area contributed by atoms with Gasteiger partial charge < -0.3 is 15.4 Å². The third-order valence-corrected chi connectivity index (χ3v) is 7.92. The Hall–Kier alpha value is -1.33. The van der Waals surface area contributed by atoms with E-state index in [1.807, 2.05) is 23.9 Å². The largest absolute Gasteiger partial charge is 0.376 e. The first kappa shape index (κ1) is 21.9. The van der Waals surface area contributed by atoms with E-state index in [2.05, 4.69) is 37.9 Å². The molecule has 0 radical (unpaired) electrons. The third kappa shape index (κ3) is 6.84. The molecular formula is C20H27N5O2S3. The second kappa shape index (κ2) is 11.3. The van der Waals surface area contributed by atoms with Gasteiger partial charge in [0.15, 0.2) is 4.34 Å². The average Bonchev–Trinajstić information content (AvgIpc) is 3.44. The summed E-state index contributed by atoms with van der Waals surface area (Å²) in [5.41, 5.74) is 2.08. The molecule has 2 aromatic rings. The predicted molar refractivity (Wildman–Crippen MR) is 126 cm³/mol. The molecule has 3 heterocycles. The number of amides is 1. The van der Waals surface area contributed by atoms with Crippen molar-refractivity contribution in [3.05, 3.63) is 29.8 Å². The standard InChI is InChI=1S/C20H27N5O2S3/c26-18(14-29-20-24-23-19(30-20)21-12-17-5-2-8-27-17)22-16-4-1-3-15(11-16)13-25-6-9-28-10-7-25/h1,3-4,11,17H,2,5-10,12-14H2,(H,21,23)(H,22,26). The maximum Gasteiger partial charge on any atom is 0.234 e. The normalized spacial score (nSPS) is 19.7. The molecule has 0 aliphatic carbocycles. The molecule has 1 aromatic carbocycles. The summed E-state index contributed by atoms with van der Waals surface area (Å²) in [4.78, 5) is 14.8. The minimum absolute atomic E-state index is 0.0319. The summed E-state index contributed by atoms with van der Waals surface area (Å²) >= 11 is 4.90. The van der Waals surface area contributed by atoms with Crippen LogP contribution in [-0.2, 0) is 16.1 Å².